The predicted molar refractivity (Wildman–Crippen MR) is 75.9 cm³/mol. The SMILES string of the molecule is Cc1cc2c(c(C3(C(=O)O)CCCCC3)c1)NC(=O)C2. The number of nitrogens with one attached hydrogen (secondary N) is 1. The second-order valence-corrected chi connectivity index (χ2v) is 6.02. The second-order valence-electron chi connectivity index (χ2n) is 6.02. The number of carbonyl (C=O) groups is 2. The molecule has 1 aromatic rings. The summed E-state index contributed by atoms with van der Waals surface area (Å²) in [7, 11) is 0. The predicted octanol–water partition coefficient (Wildman–Crippen LogP) is 2.78. The van der Waals surface area contributed by atoms with Crippen LogP contribution in [0.3, 0.4) is 0 Å². The van der Waals surface area contributed by atoms with Gasteiger partial charge in [-0.05, 0) is 30.9 Å². The molecule has 4 nitrogen and oxygen atoms in total. The lowest BCUT2D eigenvalue weighted by atomic mass is 9.68. The third-order valence-corrected chi connectivity index (χ3v) is 4.61. The van der Waals surface area contributed by atoms with Gasteiger partial charge in [0.1, 0.15) is 0 Å². The normalized spacial score (nSPS) is 20.4. The fraction of sp³-hybridized carbons (Fsp3) is 0.500. The Morgan fingerprint density at radius 1 is 1.25 bits per heavy atom. The minimum atomic E-state index is -0.827. The third kappa shape index (κ3) is 1.90. The van der Waals surface area contributed by atoms with Crippen molar-refractivity contribution in [2.24, 2.45) is 0 Å². The summed E-state index contributed by atoms with van der Waals surface area (Å²) in [6.07, 6.45) is 4.64. The molecule has 0 bridgehead atoms. The zero-order valence-corrected chi connectivity index (χ0v) is 11.7. The molecule has 0 radical (unpaired) electrons. The number of benzene rings is 1. The molecule has 0 spiro atoms. The molecule has 1 aliphatic heterocycles. The smallest absolute Gasteiger partial charge is 0.314 e. The van der Waals surface area contributed by atoms with Crippen molar-refractivity contribution < 1.29 is 14.7 Å². The van der Waals surface area contributed by atoms with Gasteiger partial charge in [0.15, 0.2) is 0 Å². The Kier molecular flexibility index (Phi) is 3.04. The van der Waals surface area contributed by atoms with Crippen LogP contribution in [-0.4, -0.2) is 17.0 Å². The van der Waals surface area contributed by atoms with Gasteiger partial charge in [-0.2, -0.15) is 0 Å². The van der Waals surface area contributed by atoms with Gasteiger partial charge in [0.05, 0.1) is 11.8 Å². The first-order chi connectivity index (χ1) is 9.53. The summed E-state index contributed by atoms with van der Waals surface area (Å²) >= 11 is 0. The average Bonchev–Trinajstić information content (AvgIpc) is 2.78. The molecule has 1 heterocycles. The average molecular weight is 273 g/mol. The van der Waals surface area contributed by atoms with Crippen LogP contribution in [0.1, 0.15) is 48.8 Å². The fourth-order valence-corrected chi connectivity index (χ4v) is 3.64. The maximum atomic E-state index is 12.0. The molecule has 1 aromatic carbocycles. The molecule has 2 aliphatic rings. The zero-order valence-electron chi connectivity index (χ0n) is 11.7. The van der Waals surface area contributed by atoms with E-state index in [1.807, 2.05) is 19.1 Å². The molecule has 1 saturated carbocycles. The maximum absolute atomic E-state index is 12.0. The van der Waals surface area contributed by atoms with E-state index in [0.29, 0.717) is 19.3 Å². The molecule has 1 amide bonds. The first kappa shape index (κ1) is 13.2. The van der Waals surface area contributed by atoms with Gasteiger partial charge >= 0.3 is 5.97 Å². The standard InChI is InChI=1S/C16H19NO3/c1-10-7-11-9-13(18)17-14(11)12(8-10)16(15(19)20)5-3-2-4-6-16/h7-8H,2-6,9H2,1H3,(H,17,18)(H,19,20). The highest BCUT2D eigenvalue weighted by Gasteiger charge is 2.44. The van der Waals surface area contributed by atoms with E-state index in [-0.39, 0.29) is 5.91 Å². The van der Waals surface area contributed by atoms with Gasteiger partial charge < -0.3 is 10.4 Å². The molecule has 2 N–H and O–H groups in total. The van der Waals surface area contributed by atoms with Gasteiger partial charge in [-0.1, -0.05) is 37.0 Å². The Labute approximate surface area is 118 Å². The van der Waals surface area contributed by atoms with E-state index in [4.69, 9.17) is 0 Å². The fourth-order valence-electron chi connectivity index (χ4n) is 3.64. The molecular weight excluding hydrogens is 254 g/mol. The number of anilines is 1. The summed E-state index contributed by atoms with van der Waals surface area (Å²) in [5.41, 5.74) is 2.71. The number of aryl methyl sites for hydroxylation is 1. The number of amides is 1. The molecule has 3 rings (SSSR count). The van der Waals surface area contributed by atoms with Crippen LogP contribution in [0.4, 0.5) is 5.69 Å². The summed E-state index contributed by atoms with van der Waals surface area (Å²) in [4.78, 5) is 23.6. The lowest BCUT2D eigenvalue weighted by Crippen LogP contribution is -2.38. The molecule has 4 heteroatoms. The minimum absolute atomic E-state index is 0.0387. The number of rotatable bonds is 2. The van der Waals surface area contributed by atoms with Crippen LogP contribution in [0, 0.1) is 6.92 Å². The highest BCUT2D eigenvalue weighted by Crippen LogP contribution is 2.45. The monoisotopic (exact) mass is 273 g/mol. The van der Waals surface area contributed by atoms with Gasteiger partial charge in [-0.3, -0.25) is 9.59 Å². The van der Waals surface area contributed by atoms with Gasteiger partial charge in [-0.15, -0.1) is 0 Å². The van der Waals surface area contributed by atoms with Gasteiger partial charge in [-0.25, -0.2) is 0 Å². The number of hydrogen-bond acceptors (Lipinski definition) is 2. The Morgan fingerprint density at radius 2 is 1.95 bits per heavy atom. The van der Waals surface area contributed by atoms with Crippen molar-refractivity contribution in [2.75, 3.05) is 5.32 Å². The van der Waals surface area contributed by atoms with Crippen molar-refractivity contribution in [2.45, 2.75) is 50.9 Å². The highest BCUT2D eigenvalue weighted by atomic mass is 16.4. The van der Waals surface area contributed by atoms with E-state index < -0.39 is 11.4 Å². The molecule has 20 heavy (non-hydrogen) atoms. The highest BCUT2D eigenvalue weighted by molar-refractivity contribution is 6.01. The molecular formula is C16H19NO3. The summed E-state index contributed by atoms with van der Waals surface area (Å²) in [6, 6.07) is 3.93. The molecule has 1 fully saturated rings. The van der Waals surface area contributed by atoms with Gasteiger partial charge in [0.2, 0.25) is 5.91 Å². The van der Waals surface area contributed by atoms with E-state index in [2.05, 4.69) is 5.32 Å². The first-order valence-electron chi connectivity index (χ1n) is 7.20. The van der Waals surface area contributed by atoms with Crippen LogP contribution < -0.4 is 5.32 Å². The van der Waals surface area contributed by atoms with Gasteiger partial charge in [0.25, 0.3) is 0 Å². The lowest BCUT2D eigenvalue weighted by molar-refractivity contribution is -0.145. The van der Waals surface area contributed by atoms with E-state index in [9.17, 15) is 14.7 Å². The molecule has 106 valence electrons. The van der Waals surface area contributed by atoms with Crippen molar-refractivity contribution in [1.29, 1.82) is 0 Å². The number of fused-ring (bicyclic) bond motifs is 1. The largest absolute Gasteiger partial charge is 0.481 e. The van der Waals surface area contributed by atoms with Crippen LogP contribution in [0.15, 0.2) is 12.1 Å². The number of carboxylic acid groups (broad SMARTS) is 1. The van der Waals surface area contributed by atoms with E-state index in [0.717, 1.165) is 41.6 Å². The Balaban J connectivity index is 2.17. The molecule has 0 saturated heterocycles. The van der Waals surface area contributed by atoms with Crippen molar-refractivity contribution in [3.8, 4) is 0 Å². The summed E-state index contributed by atoms with van der Waals surface area (Å²) in [5, 5.41) is 12.7. The van der Waals surface area contributed by atoms with Crippen LogP contribution in [0.5, 0.6) is 0 Å². The molecule has 0 aromatic heterocycles. The Hall–Kier alpha value is -1.84. The molecule has 1 aliphatic carbocycles. The van der Waals surface area contributed by atoms with Crippen molar-refractivity contribution in [3.05, 3.63) is 28.8 Å². The van der Waals surface area contributed by atoms with Crippen molar-refractivity contribution in [1.82, 2.24) is 0 Å². The summed E-state index contributed by atoms with van der Waals surface area (Å²) in [5.74, 6) is -0.797. The van der Waals surface area contributed by atoms with Crippen molar-refractivity contribution in [3.63, 3.8) is 0 Å². The Bertz CT molecular complexity index is 586. The topological polar surface area (TPSA) is 66.4 Å². The number of carboxylic acids is 1. The molecule has 0 atom stereocenters. The minimum Gasteiger partial charge on any atom is -0.481 e. The maximum Gasteiger partial charge on any atom is 0.314 e. The van der Waals surface area contributed by atoms with Crippen LogP contribution >= 0.6 is 0 Å². The molecule has 0 unspecified atom stereocenters. The third-order valence-electron chi connectivity index (χ3n) is 4.61. The summed E-state index contributed by atoms with van der Waals surface area (Å²) < 4.78 is 0. The zero-order chi connectivity index (χ0) is 14.3. The number of hydrogen-bond donors (Lipinski definition) is 2. The number of aliphatic carboxylic acids is 1. The second kappa shape index (κ2) is 4.62. The van der Waals surface area contributed by atoms with E-state index in [1.54, 1.807) is 0 Å². The number of carbonyl (C=O) groups excluding carboxylic acids is 1. The summed E-state index contributed by atoms with van der Waals surface area (Å²) in [6.45, 7) is 1.96. The van der Waals surface area contributed by atoms with E-state index in [1.165, 1.54) is 0 Å². The van der Waals surface area contributed by atoms with Crippen LogP contribution in [0.2, 0.25) is 0 Å². The Morgan fingerprint density at radius 3 is 2.60 bits per heavy atom. The lowest BCUT2D eigenvalue weighted by Gasteiger charge is -2.35. The van der Waals surface area contributed by atoms with E-state index >= 15 is 0 Å². The van der Waals surface area contributed by atoms with Crippen LogP contribution in [-0.2, 0) is 21.4 Å². The van der Waals surface area contributed by atoms with Crippen molar-refractivity contribution >= 4 is 17.6 Å². The van der Waals surface area contributed by atoms with Crippen LogP contribution in [0.25, 0.3) is 0 Å². The van der Waals surface area contributed by atoms with Gasteiger partial charge in [0, 0.05) is 5.69 Å². The first-order valence-corrected chi connectivity index (χ1v) is 7.20. The quantitative estimate of drug-likeness (QED) is 0.870.